The molecule has 3 aliphatic rings. The minimum absolute atomic E-state index is 0.00612. The summed E-state index contributed by atoms with van der Waals surface area (Å²) < 4.78 is 34.9. The first-order chi connectivity index (χ1) is 18.6. The molecule has 12 heteroatoms. The van der Waals surface area contributed by atoms with Crippen molar-refractivity contribution in [2.75, 3.05) is 39.3 Å². The fraction of sp³-hybridized carbons (Fsp3) is 0.519. The smallest absolute Gasteiger partial charge is 0.320 e. The van der Waals surface area contributed by atoms with E-state index in [1.54, 1.807) is 19.1 Å². The number of carbonyl (C=O) groups excluding carboxylic acids is 3. The molecule has 0 aromatic heterocycles. The molecule has 3 heterocycles. The van der Waals surface area contributed by atoms with E-state index in [0.29, 0.717) is 39.1 Å². The fourth-order valence-corrected chi connectivity index (χ4v) is 7.62. The van der Waals surface area contributed by atoms with E-state index in [-0.39, 0.29) is 47.9 Å². The zero-order valence-electron chi connectivity index (χ0n) is 21.8. The molecule has 3 unspecified atom stereocenters. The van der Waals surface area contributed by atoms with Crippen LogP contribution < -0.4 is 4.72 Å². The van der Waals surface area contributed by atoms with Crippen molar-refractivity contribution in [3.8, 4) is 0 Å². The van der Waals surface area contributed by atoms with Gasteiger partial charge in [0, 0.05) is 36.2 Å². The van der Waals surface area contributed by atoms with Crippen LogP contribution in [0.2, 0.25) is 0 Å². The maximum atomic E-state index is 13.3. The molecule has 210 valence electrons. The van der Waals surface area contributed by atoms with Gasteiger partial charge in [-0.15, -0.1) is 0 Å². The number of benzene rings is 2. The highest BCUT2D eigenvalue weighted by Gasteiger charge is 2.44. The van der Waals surface area contributed by atoms with Gasteiger partial charge in [-0.1, -0.05) is 28.1 Å². The van der Waals surface area contributed by atoms with Crippen molar-refractivity contribution in [3.63, 3.8) is 0 Å². The molecule has 3 atom stereocenters. The molecule has 0 saturated carbocycles. The number of halogens is 1. The van der Waals surface area contributed by atoms with Crippen LogP contribution in [0.1, 0.15) is 32.6 Å². The second-order valence-corrected chi connectivity index (χ2v) is 13.0. The third-order valence-corrected chi connectivity index (χ3v) is 9.70. The number of piperidine rings is 1. The lowest BCUT2D eigenvalue weighted by atomic mass is 10.1. The Bertz CT molecular complexity index is 1370. The lowest BCUT2D eigenvalue weighted by molar-refractivity contribution is -0.148. The topological polar surface area (TPSA) is 116 Å². The lowest BCUT2D eigenvalue weighted by Crippen LogP contribution is -2.60. The summed E-state index contributed by atoms with van der Waals surface area (Å²) in [5.41, 5.74) is 0. The van der Waals surface area contributed by atoms with Crippen LogP contribution in [0.4, 0.5) is 0 Å². The Morgan fingerprint density at radius 1 is 1.03 bits per heavy atom. The second kappa shape index (κ2) is 11.5. The number of fused-ring (bicyclic) bond motifs is 3. The summed E-state index contributed by atoms with van der Waals surface area (Å²) >= 11 is 3.42. The van der Waals surface area contributed by atoms with E-state index < -0.39 is 16.1 Å². The molecule has 2 bridgehead atoms. The largest absolute Gasteiger partial charge is 0.465 e. The minimum atomic E-state index is -3.94. The van der Waals surface area contributed by atoms with Crippen molar-refractivity contribution in [2.24, 2.45) is 0 Å². The lowest BCUT2D eigenvalue weighted by Gasteiger charge is -2.42. The zero-order valence-corrected chi connectivity index (χ0v) is 24.2. The van der Waals surface area contributed by atoms with Crippen molar-refractivity contribution in [1.29, 1.82) is 0 Å². The number of carbonyl (C=O) groups is 3. The normalized spacial score (nSPS) is 23.8. The van der Waals surface area contributed by atoms with E-state index in [2.05, 4.69) is 20.7 Å². The molecular weight excluding hydrogens is 588 g/mol. The van der Waals surface area contributed by atoms with Gasteiger partial charge >= 0.3 is 5.97 Å². The molecule has 3 saturated heterocycles. The molecule has 0 spiro atoms. The van der Waals surface area contributed by atoms with E-state index in [0.717, 1.165) is 28.1 Å². The summed E-state index contributed by atoms with van der Waals surface area (Å²) in [6.45, 7) is 3.85. The van der Waals surface area contributed by atoms with Crippen LogP contribution in [0.5, 0.6) is 0 Å². The number of amides is 2. The van der Waals surface area contributed by atoms with Crippen molar-refractivity contribution >= 4 is 54.5 Å². The van der Waals surface area contributed by atoms with Gasteiger partial charge in [0.25, 0.3) is 0 Å². The molecule has 10 nitrogen and oxygen atoms in total. The Morgan fingerprint density at radius 2 is 1.72 bits per heavy atom. The molecular formula is C27H33BrN4O6S. The SMILES string of the molecule is CCOC(=O)CN1CC2CCC(C1)N2C(=O)CN1CCCC(NS(=O)(=O)c2ccc3cc(Br)ccc3c2)C1=O. The number of sulfonamides is 1. The highest BCUT2D eigenvalue weighted by Crippen LogP contribution is 2.31. The van der Waals surface area contributed by atoms with Crippen LogP contribution in [0.3, 0.4) is 0 Å². The second-order valence-electron chi connectivity index (χ2n) is 10.4. The molecule has 2 aromatic carbocycles. The number of nitrogens with one attached hydrogen (secondary N) is 1. The van der Waals surface area contributed by atoms with Crippen molar-refractivity contribution in [3.05, 3.63) is 40.9 Å². The Hall–Kier alpha value is -2.54. The quantitative estimate of drug-likeness (QED) is 0.449. The highest BCUT2D eigenvalue weighted by molar-refractivity contribution is 9.10. The van der Waals surface area contributed by atoms with Gasteiger partial charge in [0.1, 0.15) is 6.04 Å². The Morgan fingerprint density at radius 3 is 2.44 bits per heavy atom. The maximum Gasteiger partial charge on any atom is 0.320 e. The highest BCUT2D eigenvalue weighted by atomic mass is 79.9. The third kappa shape index (κ3) is 6.13. The van der Waals surface area contributed by atoms with Gasteiger partial charge < -0.3 is 14.5 Å². The molecule has 2 aromatic rings. The van der Waals surface area contributed by atoms with Gasteiger partial charge in [0.15, 0.2) is 0 Å². The molecule has 2 amide bonds. The van der Waals surface area contributed by atoms with Crippen LogP contribution in [-0.2, 0) is 29.1 Å². The molecule has 0 radical (unpaired) electrons. The molecule has 1 N–H and O–H groups in total. The molecule has 3 fully saturated rings. The van der Waals surface area contributed by atoms with E-state index in [4.69, 9.17) is 4.74 Å². The number of ether oxygens (including phenoxy) is 1. The molecule has 39 heavy (non-hydrogen) atoms. The first-order valence-corrected chi connectivity index (χ1v) is 15.6. The van der Waals surface area contributed by atoms with E-state index in [9.17, 15) is 22.8 Å². The van der Waals surface area contributed by atoms with Crippen molar-refractivity contribution in [2.45, 2.75) is 55.6 Å². The summed E-state index contributed by atoms with van der Waals surface area (Å²) in [5.74, 6) is -0.770. The summed E-state index contributed by atoms with van der Waals surface area (Å²) in [7, 11) is -3.94. The summed E-state index contributed by atoms with van der Waals surface area (Å²) in [6, 6.07) is 9.52. The average molecular weight is 622 g/mol. The first-order valence-electron chi connectivity index (χ1n) is 13.3. The number of piperazine rings is 1. The fourth-order valence-electron chi connectivity index (χ4n) is 5.98. The van der Waals surface area contributed by atoms with Gasteiger partial charge in [-0.25, -0.2) is 8.42 Å². The van der Waals surface area contributed by atoms with E-state index in [1.165, 1.54) is 11.0 Å². The minimum Gasteiger partial charge on any atom is -0.465 e. The predicted molar refractivity (Wildman–Crippen MR) is 148 cm³/mol. The Kier molecular flexibility index (Phi) is 8.27. The average Bonchev–Trinajstić information content (AvgIpc) is 3.16. The number of hydrogen-bond acceptors (Lipinski definition) is 7. The van der Waals surface area contributed by atoms with Gasteiger partial charge in [-0.2, -0.15) is 4.72 Å². The zero-order chi connectivity index (χ0) is 27.7. The predicted octanol–water partition coefficient (Wildman–Crippen LogP) is 2.11. The monoisotopic (exact) mass is 620 g/mol. The standard InChI is InChI=1S/C27H33BrN4O6S/c1-2-38-26(34)17-30-14-21-8-9-22(15-30)32(21)25(33)16-31-11-3-4-24(27(31)35)29-39(36,37)23-10-6-18-12-20(28)7-5-19(18)13-23/h5-7,10,12-13,21-22,24,29H,2-4,8-9,11,14-17H2,1H3. The molecule has 0 aliphatic carbocycles. The summed E-state index contributed by atoms with van der Waals surface area (Å²) in [4.78, 5) is 44.0. The summed E-state index contributed by atoms with van der Waals surface area (Å²) in [5, 5.41) is 1.68. The van der Waals surface area contributed by atoms with E-state index >= 15 is 0 Å². The number of nitrogens with zero attached hydrogens (tertiary/aromatic N) is 3. The van der Waals surface area contributed by atoms with Gasteiger partial charge in [-0.05, 0) is 67.6 Å². The van der Waals surface area contributed by atoms with Crippen molar-refractivity contribution < 1.29 is 27.5 Å². The van der Waals surface area contributed by atoms with Gasteiger partial charge in [0.2, 0.25) is 21.8 Å². The Balaban J connectivity index is 1.21. The number of rotatable bonds is 8. The van der Waals surface area contributed by atoms with Crippen LogP contribution in [-0.4, -0.2) is 98.4 Å². The number of hydrogen-bond donors (Lipinski definition) is 1. The summed E-state index contributed by atoms with van der Waals surface area (Å²) in [6.07, 6.45) is 2.68. The van der Waals surface area contributed by atoms with Crippen LogP contribution in [0.25, 0.3) is 10.8 Å². The van der Waals surface area contributed by atoms with Gasteiger partial charge in [0.05, 0.1) is 24.6 Å². The van der Waals surface area contributed by atoms with Crippen molar-refractivity contribution in [1.82, 2.24) is 19.4 Å². The van der Waals surface area contributed by atoms with Gasteiger partial charge in [-0.3, -0.25) is 19.3 Å². The first kappa shape index (κ1) is 28.0. The van der Waals surface area contributed by atoms with Crippen LogP contribution >= 0.6 is 15.9 Å². The third-order valence-electron chi connectivity index (χ3n) is 7.74. The number of likely N-dealkylation sites (tertiary alicyclic amines) is 2. The van der Waals surface area contributed by atoms with E-state index in [1.807, 2.05) is 28.0 Å². The maximum absolute atomic E-state index is 13.3. The van der Waals surface area contributed by atoms with Crippen LogP contribution in [0, 0.1) is 0 Å². The van der Waals surface area contributed by atoms with Crippen LogP contribution in [0.15, 0.2) is 45.8 Å². The molecule has 5 rings (SSSR count). The molecule has 3 aliphatic heterocycles. The number of esters is 1. The Labute approximate surface area is 236 Å².